The Morgan fingerprint density at radius 3 is 1.04 bits per heavy atom. The van der Waals surface area contributed by atoms with E-state index in [0.717, 1.165) is 93.8 Å². The Morgan fingerprint density at radius 1 is 0.408 bits per heavy atom. The number of carbonyl (C=O) groups is 4. The number of ketones is 4. The fourth-order valence-corrected chi connectivity index (χ4v) is 8.61. The maximum atomic E-state index is 13.8. The Labute approximate surface area is 428 Å². The van der Waals surface area contributed by atoms with Crippen LogP contribution in [-0.2, 0) is 32.0 Å². The fraction of sp³-hybridized carbons (Fsp3) is 0.524. The zero-order valence-electron chi connectivity index (χ0n) is 45.9. The van der Waals surface area contributed by atoms with Gasteiger partial charge in [0.15, 0.2) is 0 Å². The molecule has 0 aliphatic heterocycles. The lowest BCUT2D eigenvalue weighted by Gasteiger charge is -2.28. The van der Waals surface area contributed by atoms with Crippen LogP contribution in [0.5, 0.6) is 11.5 Å². The number of benzene rings is 1. The van der Waals surface area contributed by atoms with Crippen LogP contribution in [0.3, 0.4) is 0 Å². The van der Waals surface area contributed by atoms with E-state index in [4.69, 9.17) is 0 Å². The number of phenols is 2. The number of aryl methyl sites for hydroxylation is 1. The SMILES string of the molecule is CCCCCC1=C(C2=C(CCCCC)C(=O)C(=O)C(C/C=C(\C)CCC=C(C)C)=C2O)C(O)=C(C/C=C(\C)CCC=C(C)C)C(=O)C1=O.CCCCCc1cc(O)c(C/C=C(\C)CCC=C(C)C)c(O)c1. The van der Waals surface area contributed by atoms with Gasteiger partial charge in [-0.1, -0.05) is 129 Å². The zero-order chi connectivity index (χ0) is 53.2. The summed E-state index contributed by atoms with van der Waals surface area (Å²) in [6, 6.07) is 3.61. The maximum absolute atomic E-state index is 13.8. The third-order valence-electron chi connectivity index (χ3n) is 13.0. The quantitative estimate of drug-likeness (QED) is 0.0281. The molecule has 0 atom stereocenters. The smallest absolute Gasteiger partial charge is 0.233 e. The second-order valence-electron chi connectivity index (χ2n) is 20.4. The van der Waals surface area contributed by atoms with Crippen molar-refractivity contribution in [3.63, 3.8) is 0 Å². The Balaban J connectivity index is 0.000000626. The van der Waals surface area contributed by atoms with Crippen molar-refractivity contribution in [1.82, 2.24) is 0 Å². The van der Waals surface area contributed by atoms with Crippen LogP contribution in [0, 0.1) is 0 Å². The van der Waals surface area contributed by atoms with Crippen molar-refractivity contribution >= 4 is 23.1 Å². The summed E-state index contributed by atoms with van der Waals surface area (Å²) >= 11 is 0. The van der Waals surface area contributed by atoms with Crippen molar-refractivity contribution in [2.45, 2.75) is 218 Å². The number of phenolic OH excluding ortho intramolecular Hbond substituents is 2. The fourth-order valence-electron chi connectivity index (χ4n) is 8.61. The Kier molecular flexibility index (Phi) is 28.2. The summed E-state index contributed by atoms with van der Waals surface area (Å²) in [7, 11) is 0. The standard InChI is InChI=1S/C42H58O6.C21H32O2/c1-9-11-13-21-31-35(37(43)33(41(47)39(31)45)25-23-29(7)19-15-17-27(3)4)36-32(22-14-12-10-2)40(46)42(48)34(38(36)44)26-24-30(8)20-16-18-28(5)6;1-5-6-7-11-18-14-20(22)19(21(23)15-18)13-12-17(4)10-8-9-16(2)3/h17-18,23-24,43-44H,9-16,19-22,25-26H2,1-8H3;9,12,14-15,22-23H,5-8,10-11,13H2,1-4H3/b29-23+,30-24+;17-12+. The maximum Gasteiger partial charge on any atom is 0.233 e. The van der Waals surface area contributed by atoms with Crippen LogP contribution in [0.25, 0.3) is 0 Å². The first-order chi connectivity index (χ1) is 33.7. The highest BCUT2D eigenvalue weighted by atomic mass is 16.3. The second kappa shape index (κ2) is 32.5. The van der Waals surface area contributed by atoms with Gasteiger partial charge >= 0.3 is 0 Å². The summed E-state index contributed by atoms with van der Waals surface area (Å²) in [5.74, 6) is -3.32. The molecule has 1 aromatic rings. The molecule has 0 bridgehead atoms. The summed E-state index contributed by atoms with van der Waals surface area (Å²) in [6.45, 7) is 24.6. The lowest BCUT2D eigenvalue weighted by molar-refractivity contribution is -0.132. The highest BCUT2D eigenvalue weighted by molar-refractivity contribution is 6.52. The number of aromatic hydroxyl groups is 2. The molecule has 0 radical (unpaired) electrons. The average Bonchev–Trinajstić information content (AvgIpc) is 3.30. The molecule has 0 fully saturated rings. The predicted molar refractivity (Wildman–Crippen MR) is 295 cm³/mol. The minimum atomic E-state index is -0.763. The van der Waals surface area contributed by atoms with E-state index in [9.17, 15) is 39.6 Å². The van der Waals surface area contributed by atoms with Crippen molar-refractivity contribution in [1.29, 1.82) is 0 Å². The van der Waals surface area contributed by atoms with E-state index in [1.54, 1.807) is 12.1 Å². The number of hydrogen-bond donors (Lipinski definition) is 4. The second-order valence-corrected chi connectivity index (χ2v) is 20.4. The lowest BCUT2D eigenvalue weighted by atomic mass is 9.75. The first kappa shape index (κ1) is 61.6. The van der Waals surface area contributed by atoms with Gasteiger partial charge in [0, 0.05) is 39.0 Å². The first-order valence-electron chi connectivity index (χ1n) is 26.6. The van der Waals surface area contributed by atoms with Crippen LogP contribution >= 0.6 is 0 Å². The molecule has 4 N–H and O–H groups in total. The molecular weight excluding hydrogens is 885 g/mol. The van der Waals surface area contributed by atoms with Crippen molar-refractivity contribution < 1.29 is 39.6 Å². The predicted octanol–water partition coefficient (Wildman–Crippen LogP) is 16.9. The van der Waals surface area contributed by atoms with E-state index in [-0.39, 0.29) is 82.1 Å². The largest absolute Gasteiger partial charge is 0.508 e. The van der Waals surface area contributed by atoms with Gasteiger partial charge in [-0.3, -0.25) is 19.2 Å². The van der Waals surface area contributed by atoms with Gasteiger partial charge in [0.05, 0.1) is 0 Å². The van der Waals surface area contributed by atoms with Crippen LogP contribution in [0.1, 0.15) is 216 Å². The van der Waals surface area contributed by atoms with Crippen LogP contribution in [0.4, 0.5) is 0 Å². The molecule has 8 heteroatoms. The summed E-state index contributed by atoms with van der Waals surface area (Å²) < 4.78 is 0. The highest BCUT2D eigenvalue weighted by Crippen LogP contribution is 2.42. The van der Waals surface area contributed by atoms with Crippen LogP contribution in [-0.4, -0.2) is 43.6 Å². The molecule has 0 saturated carbocycles. The van der Waals surface area contributed by atoms with Crippen molar-refractivity contribution in [3.8, 4) is 11.5 Å². The molecule has 8 nitrogen and oxygen atoms in total. The summed E-state index contributed by atoms with van der Waals surface area (Å²) in [6.07, 6.45) is 27.5. The number of allylic oxidation sites excluding steroid dienone is 18. The number of aliphatic hydroxyl groups is 2. The van der Waals surface area contributed by atoms with E-state index in [2.05, 4.69) is 52.0 Å². The molecular formula is C63H90O8. The minimum absolute atomic E-state index is 0.0351. The number of rotatable bonds is 28. The summed E-state index contributed by atoms with van der Waals surface area (Å²) in [5, 5.41) is 44.2. The molecule has 390 valence electrons. The number of hydrogen-bond acceptors (Lipinski definition) is 8. The van der Waals surface area contributed by atoms with Crippen LogP contribution in [0.15, 0.2) is 127 Å². The molecule has 1 aromatic carbocycles. The highest BCUT2D eigenvalue weighted by Gasteiger charge is 2.42. The minimum Gasteiger partial charge on any atom is -0.508 e. The van der Waals surface area contributed by atoms with E-state index in [0.29, 0.717) is 24.8 Å². The third kappa shape index (κ3) is 20.6. The van der Waals surface area contributed by atoms with Crippen LogP contribution in [0.2, 0.25) is 0 Å². The number of Topliss-reactive ketones (excluding diaryl/α,β-unsaturated/α-hetero) is 4. The van der Waals surface area contributed by atoms with Crippen molar-refractivity contribution in [2.75, 3.05) is 0 Å². The Hall–Kier alpha value is -5.50. The molecule has 0 saturated heterocycles. The first-order valence-corrected chi connectivity index (χ1v) is 26.6. The molecule has 0 unspecified atom stereocenters. The summed E-state index contributed by atoms with van der Waals surface area (Å²) in [4.78, 5) is 54.7. The van der Waals surface area contributed by atoms with Gasteiger partial charge in [0.1, 0.15) is 23.0 Å². The van der Waals surface area contributed by atoms with Gasteiger partial charge in [0.25, 0.3) is 0 Å². The molecule has 2 aliphatic rings. The molecule has 0 amide bonds. The van der Waals surface area contributed by atoms with Crippen LogP contribution < -0.4 is 0 Å². The van der Waals surface area contributed by atoms with Crippen molar-refractivity contribution in [2.24, 2.45) is 0 Å². The average molecular weight is 975 g/mol. The Bertz CT molecular complexity index is 2210. The topological polar surface area (TPSA) is 149 Å². The van der Waals surface area contributed by atoms with E-state index in [1.807, 2.05) is 67.5 Å². The Morgan fingerprint density at radius 2 is 0.718 bits per heavy atom. The number of unbranched alkanes of at least 4 members (excludes halogenated alkanes) is 6. The van der Waals surface area contributed by atoms with E-state index < -0.39 is 23.1 Å². The third-order valence-corrected chi connectivity index (χ3v) is 13.0. The molecule has 0 spiro atoms. The van der Waals surface area contributed by atoms with E-state index >= 15 is 0 Å². The molecule has 3 rings (SSSR count). The molecule has 2 aliphatic carbocycles. The van der Waals surface area contributed by atoms with E-state index in [1.165, 1.54) is 35.1 Å². The number of carbonyl (C=O) groups excluding carboxylic acids is 4. The van der Waals surface area contributed by atoms with Gasteiger partial charge in [0.2, 0.25) is 23.1 Å². The lowest BCUT2D eigenvalue weighted by Crippen LogP contribution is -2.31. The van der Waals surface area contributed by atoms with Crippen molar-refractivity contribution in [3.05, 3.63) is 138 Å². The molecule has 0 heterocycles. The zero-order valence-corrected chi connectivity index (χ0v) is 45.9. The van der Waals surface area contributed by atoms with Gasteiger partial charge < -0.3 is 20.4 Å². The van der Waals surface area contributed by atoms with Gasteiger partial charge in [-0.25, -0.2) is 0 Å². The van der Waals surface area contributed by atoms with Gasteiger partial charge in [-0.05, 0) is 176 Å². The van der Waals surface area contributed by atoms with Gasteiger partial charge in [-0.15, -0.1) is 0 Å². The van der Waals surface area contributed by atoms with Gasteiger partial charge in [-0.2, -0.15) is 0 Å². The summed E-state index contributed by atoms with van der Waals surface area (Å²) in [5.41, 5.74) is 8.90. The molecule has 71 heavy (non-hydrogen) atoms. The molecule has 0 aromatic heterocycles. The number of aliphatic hydroxyl groups excluding tert-OH is 2. The monoisotopic (exact) mass is 975 g/mol. The normalized spacial score (nSPS) is 14.9.